The van der Waals surface area contributed by atoms with E-state index in [1.165, 1.54) is 10.4 Å². The van der Waals surface area contributed by atoms with Crippen LogP contribution in [0, 0.1) is 0 Å². The van der Waals surface area contributed by atoms with Crippen LogP contribution in [0.5, 0.6) is 0 Å². The van der Waals surface area contributed by atoms with Crippen LogP contribution < -0.4 is 5.32 Å². The lowest BCUT2D eigenvalue weighted by molar-refractivity contribution is 0.684. The van der Waals surface area contributed by atoms with Crippen LogP contribution in [0.4, 0.5) is 0 Å². The lowest BCUT2D eigenvalue weighted by atomic mass is 10.1. The lowest BCUT2D eigenvalue weighted by Crippen LogP contribution is -2.16. The Morgan fingerprint density at radius 2 is 2.19 bits per heavy atom. The van der Waals surface area contributed by atoms with Crippen LogP contribution in [0.2, 0.25) is 5.02 Å². The molecule has 1 aromatic carbocycles. The molecule has 0 atom stereocenters. The first kappa shape index (κ1) is 14.3. The molecule has 0 aliphatic rings. The molecule has 0 radical (unpaired) electrons. The van der Waals surface area contributed by atoms with Gasteiger partial charge in [0.05, 0.1) is 10.6 Å². The molecule has 5 heteroatoms. The van der Waals surface area contributed by atoms with E-state index in [-0.39, 0.29) is 0 Å². The van der Waals surface area contributed by atoms with E-state index in [9.17, 15) is 0 Å². The van der Waals surface area contributed by atoms with Gasteiger partial charge in [0.25, 0.3) is 0 Å². The first-order valence-corrected chi connectivity index (χ1v) is 8.04. The Morgan fingerprint density at radius 3 is 3.00 bits per heavy atom. The van der Waals surface area contributed by atoms with E-state index < -0.39 is 0 Å². The molecule has 0 unspecified atom stereocenters. The van der Waals surface area contributed by atoms with Crippen molar-refractivity contribution in [2.75, 3.05) is 6.54 Å². The molecule has 3 aromatic rings. The molecule has 3 nitrogen and oxygen atoms in total. The van der Waals surface area contributed by atoms with E-state index in [1.54, 1.807) is 11.3 Å². The summed E-state index contributed by atoms with van der Waals surface area (Å²) in [6, 6.07) is 12.1. The Morgan fingerprint density at radius 1 is 1.24 bits per heavy atom. The second kappa shape index (κ2) is 6.89. The van der Waals surface area contributed by atoms with Gasteiger partial charge in [-0.15, -0.1) is 11.3 Å². The quantitative estimate of drug-likeness (QED) is 0.671. The topological polar surface area (TPSA) is 40.7 Å². The Labute approximate surface area is 133 Å². The molecule has 0 aliphatic heterocycles. The molecule has 0 bridgehead atoms. The average Bonchev–Trinajstić information content (AvgIpc) is 3.14. The maximum atomic E-state index is 5.97. The zero-order chi connectivity index (χ0) is 14.5. The Bertz CT molecular complexity index is 691. The van der Waals surface area contributed by atoms with Gasteiger partial charge in [0.15, 0.2) is 0 Å². The summed E-state index contributed by atoms with van der Waals surface area (Å²) in [5, 5.41) is 5.32. The highest BCUT2D eigenvalue weighted by molar-refractivity contribution is 7.15. The fourth-order valence-corrected chi connectivity index (χ4v) is 3.21. The number of hydrogen-bond donors (Lipinski definition) is 2. The fraction of sp³-hybridized carbons (Fsp3) is 0.188. The number of nitrogens with zero attached hydrogens (tertiary/aromatic N) is 1. The van der Waals surface area contributed by atoms with Crippen molar-refractivity contribution in [2.45, 2.75) is 13.0 Å². The Balaban J connectivity index is 1.48. The number of halogens is 1. The molecule has 2 aromatic heterocycles. The fourth-order valence-electron chi connectivity index (χ4n) is 2.12. The van der Waals surface area contributed by atoms with Gasteiger partial charge in [-0.05, 0) is 42.8 Å². The van der Waals surface area contributed by atoms with Gasteiger partial charge in [-0.1, -0.05) is 23.7 Å². The number of aromatic nitrogens is 2. The van der Waals surface area contributed by atoms with Crippen molar-refractivity contribution in [1.82, 2.24) is 15.3 Å². The van der Waals surface area contributed by atoms with Gasteiger partial charge in [0, 0.05) is 24.0 Å². The van der Waals surface area contributed by atoms with Crippen molar-refractivity contribution in [3.8, 4) is 10.6 Å². The molecular weight excluding hydrogens is 302 g/mol. The van der Waals surface area contributed by atoms with Crippen LogP contribution in [0.25, 0.3) is 10.6 Å². The summed E-state index contributed by atoms with van der Waals surface area (Å²) < 4.78 is 0. The molecule has 21 heavy (non-hydrogen) atoms. The van der Waals surface area contributed by atoms with Crippen molar-refractivity contribution < 1.29 is 0 Å². The van der Waals surface area contributed by atoms with Gasteiger partial charge < -0.3 is 10.3 Å². The number of hydrogen-bond acceptors (Lipinski definition) is 3. The maximum absolute atomic E-state index is 5.97. The third kappa shape index (κ3) is 3.94. The zero-order valence-electron chi connectivity index (χ0n) is 11.5. The Kier molecular flexibility index (Phi) is 4.70. The van der Waals surface area contributed by atoms with Crippen LogP contribution in [-0.4, -0.2) is 16.5 Å². The SMILES string of the molecule is Clc1cccc(CCNCc2ncc(-c3ccc[nH]3)s2)c1. The van der Waals surface area contributed by atoms with Crippen LogP contribution in [-0.2, 0) is 13.0 Å². The number of thiazole rings is 1. The minimum Gasteiger partial charge on any atom is -0.360 e. The van der Waals surface area contributed by atoms with Crippen molar-refractivity contribution in [3.05, 3.63) is 64.4 Å². The van der Waals surface area contributed by atoms with Gasteiger partial charge in [-0.3, -0.25) is 0 Å². The summed E-state index contributed by atoms with van der Waals surface area (Å²) >= 11 is 7.69. The van der Waals surface area contributed by atoms with Crippen LogP contribution >= 0.6 is 22.9 Å². The first-order valence-electron chi connectivity index (χ1n) is 6.85. The van der Waals surface area contributed by atoms with Crippen molar-refractivity contribution in [2.24, 2.45) is 0 Å². The highest BCUT2D eigenvalue weighted by atomic mass is 35.5. The molecule has 2 N–H and O–H groups in total. The second-order valence-electron chi connectivity index (χ2n) is 4.76. The summed E-state index contributed by atoms with van der Waals surface area (Å²) in [7, 11) is 0. The number of rotatable bonds is 6. The molecule has 0 spiro atoms. The minimum absolute atomic E-state index is 0.794. The van der Waals surface area contributed by atoms with Crippen LogP contribution in [0.1, 0.15) is 10.6 Å². The van der Waals surface area contributed by atoms with E-state index in [0.29, 0.717) is 0 Å². The van der Waals surface area contributed by atoms with Crippen LogP contribution in [0.3, 0.4) is 0 Å². The summed E-state index contributed by atoms with van der Waals surface area (Å²) in [6.07, 6.45) is 4.82. The number of nitrogens with one attached hydrogen (secondary N) is 2. The van der Waals surface area contributed by atoms with E-state index in [0.717, 1.165) is 35.2 Å². The predicted octanol–water partition coefficient (Wildman–Crippen LogP) is 4.12. The van der Waals surface area contributed by atoms with E-state index in [1.807, 2.05) is 36.7 Å². The summed E-state index contributed by atoms with van der Waals surface area (Å²) in [4.78, 5) is 8.82. The summed E-state index contributed by atoms with van der Waals surface area (Å²) in [6.45, 7) is 1.71. The van der Waals surface area contributed by atoms with E-state index >= 15 is 0 Å². The van der Waals surface area contributed by atoms with E-state index in [2.05, 4.69) is 27.4 Å². The van der Waals surface area contributed by atoms with Crippen LogP contribution in [0.15, 0.2) is 48.8 Å². The third-order valence-electron chi connectivity index (χ3n) is 3.17. The molecule has 0 amide bonds. The molecule has 0 aliphatic carbocycles. The number of benzene rings is 1. The minimum atomic E-state index is 0.794. The summed E-state index contributed by atoms with van der Waals surface area (Å²) in [5.74, 6) is 0. The standard InChI is InChI=1S/C16H16ClN3S/c17-13-4-1-3-12(9-13)6-8-18-11-16-20-10-15(21-16)14-5-2-7-19-14/h1-5,7,9-10,18-19H,6,8,11H2. The van der Waals surface area contributed by atoms with Gasteiger partial charge >= 0.3 is 0 Å². The molecule has 0 saturated heterocycles. The normalized spacial score (nSPS) is 10.9. The third-order valence-corrected chi connectivity index (χ3v) is 4.44. The largest absolute Gasteiger partial charge is 0.360 e. The molecule has 108 valence electrons. The smallest absolute Gasteiger partial charge is 0.107 e. The molecule has 0 fully saturated rings. The number of aromatic amines is 1. The molecular formula is C16H16ClN3S. The van der Waals surface area contributed by atoms with Gasteiger partial charge in [-0.2, -0.15) is 0 Å². The maximum Gasteiger partial charge on any atom is 0.107 e. The van der Waals surface area contributed by atoms with Crippen molar-refractivity contribution in [1.29, 1.82) is 0 Å². The zero-order valence-corrected chi connectivity index (χ0v) is 13.0. The van der Waals surface area contributed by atoms with Gasteiger partial charge in [0.1, 0.15) is 5.01 Å². The average molecular weight is 318 g/mol. The Hall–Kier alpha value is -1.62. The van der Waals surface area contributed by atoms with Gasteiger partial charge in [-0.25, -0.2) is 4.98 Å². The highest BCUT2D eigenvalue weighted by Gasteiger charge is 2.04. The molecule has 3 rings (SSSR count). The monoisotopic (exact) mass is 317 g/mol. The van der Waals surface area contributed by atoms with E-state index in [4.69, 9.17) is 11.6 Å². The lowest BCUT2D eigenvalue weighted by Gasteiger charge is -2.03. The molecule has 2 heterocycles. The number of H-pyrrole nitrogens is 1. The van der Waals surface area contributed by atoms with Crippen molar-refractivity contribution in [3.63, 3.8) is 0 Å². The van der Waals surface area contributed by atoms with Gasteiger partial charge in [0.2, 0.25) is 0 Å². The second-order valence-corrected chi connectivity index (χ2v) is 6.31. The first-order chi connectivity index (χ1) is 10.3. The van der Waals surface area contributed by atoms with Crippen molar-refractivity contribution >= 4 is 22.9 Å². The highest BCUT2D eigenvalue weighted by Crippen LogP contribution is 2.24. The predicted molar refractivity (Wildman–Crippen MR) is 88.8 cm³/mol. The summed E-state index contributed by atoms with van der Waals surface area (Å²) in [5.41, 5.74) is 2.37. The molecule has 0 saturated carbocycles.